The molecule has 5 atom stereocenters. The first kappa shape index (κ1) is 32.3. The Balaban J connectivity index is 1.67. The van der Waals surface area contributed by atoms with Crippen molar-refractivity contribution in [3.8, 4) is 11.8 Å². The van der Waals surface area contributed by atoms with Gasteiger partial charge in [0.2, 0.25) is 39.1 Å². The Morgan fingerprint density at radius 3 is 2.26 bits per heavy atom. The highest BCUT2D eigenvalue weighted by Gasteiger charge is 2.66. The van der Waals surface area contributed by atoms with Crippen LogP contribution in [0.25, 0.3) is 0 Å². The summed E-state index contributed by atoms with van der Waals surface area (Å²) in [6, 6.07) is 7.36. The monoisotopic (exact) mass is 636 g/mol. The van der Waals surface area contributed by atoms with E-state index >= 15 is 0 Å². The lowest BCUT2D eigenvalue weighted by Gasteiger charge is -2.59. The molecule has 0 saturated carbocycles. The molecule has 2 heterocycles. The van der Waals surface area contributed by atoms with Crippen molar-refractivity contribution < 1.29 is 22.4 Å². The topological polar surface area (TPSA) is 73.2 Å². The van der Waals surface area contributed by atoms with Gasteiger partial charge >= 0.3 is 0 Å². The van der Waals surface area contributed by atoms with Crippen molar-refractivity contribution in [2.24, 2.45) is 17.3 Å². The number of piperidine rings is 1. The van der Waals surface area contributed by atoms with Crippen LogP contribution in [0, 0.1) is 28.6 Å². The number of nitrogens with zero attached hydrogens (tertiary/aromatic N) is 2. The van der Waals surface area contributed by atoms with Crippen molar-refractivity contribution in [2.45, 2.75) is 109 Å². The van der Waals surface area contributed by atoms with E-state index in [0.29, 0.717) is 57.4 Å². The van der Waals surface area contributed by atoms with E-state index in [9.17, 15) is 5.26 Å². The minimum Gasteiger partial charge on any atom is -0.488 e. The van der Waals surface area contributed by atoms with E-state index < -0.39 is 5.41 Å². The van der Waals surface area contributed by atoms with E-state index in [1.54, 1.807) is 0 Å². The molecule has 1 aromatic rings. The number of ether oxygens (including phenoxy) is 1. The van der Waals surface area contributed by atoms with Crippen LogP contribution in [0.4, 0.5) is 0 Å². The van der Waals surface area contributed by atoms with E-state index in [0.717, 1.165) is 31.7 Å². The van der Waals surface area contributed by atoms with Crippen molar-refractivity contribution in [3.63, 3.8) is 0 Å². The average molecular weight is 637 g/mol. The zero-order valence-corrected chi connectivity index (χ0v) is 30.2. The summed E-state index contributed by atoms with van der Waals surface area (Å²) in [4.78, 5) is 2.57. The quantitative estimate of drug-likeness (QED) is 0.166. The second-order valence-corrected chi connectivity index (χ2v) is 15.5. The number of hydrogen-bond acceptors (Lipinski definition) is 7. The van der Waals surface area contributed by atoms with Crippen molar-refractivity contribution in [1.29, 1.82) is 5.26 Å². The van der Waals surface area contributed by atoms with Crippen LogP contribution in [-0.4, -0.2) is 81.8 Å². The first-order valence-corrected chi connectivity index (χ1v) is 20.7. The number of benzene rings is 1. The maximum atomic E-state index is 9.40. The first-order chi connectivity index (χ1) is 20.1. The molecular formula is C31H44N2O5Si4. The highest BCUT2D eigenvalue weighted by molar-refractivity contribution is 6.26. The van der Waals surface area contributed by atoms with Gasteiger partial charge in [0.25, 0.3) is 0 Å². The van der Waals surface area contributed by atoms with Gasteiger partial charge in [-0.2, -0.15) is 5.26 Å². The molecule has 2 unspecified atom stereocenters. The molecular weight excluding hydrogens is 593 g/mol. The molecule has 5 rings (SSSR count). The molecule has 0 amide bonds. The van der Waals surface area contributed by atoms with Crippen LogP contribution in [0.1, 0.15) is 57.2 Å². The van der Waals surface area contributed by atoms with Gasteiger partial charge in [-0.25, -0.2) is 0 Å². The molecule has 7 nitrogen and oxygen atoms in total. The molecule has 0 N–H and O–H groups in total. The van der Waals surface area contributed by atoms with E-state index in [4.69, 9.17) is 22.4 Å². The Morgan fingerprint density at radius 2 is 1.64 bits per heavy atom. The molecule has 2 bridgehead atoms. The highest BCUT2D eigenvalue weighted by atomic mass is 28.2. The van der Waals surface area contributed by atoms with Crippen LogP contribution in [0.15, 0.2) is 24.3 Å². The lowest BCUT2D eigenvalue weighted by molar-refractivity contribution is -0.131. The van der Waals surface area contributed by atoms with Gasteiger partial charge in [0.15, 0.2) is 0 Å². The summed E-state index contributed by atoms with van der Waals surface area (Å²) in [5.41, 5.74) is 3.13. The second-order valence-electron chi connectivity index (χ2n) is 13.0. The van der Waals surface area contributed by atoms with Crippen molar-refractivity contribution in [2.75, 3.05) is 13.1 Å². The van der Waals surface area contributed by atoms with E-state index in [-0.39, 0.29) is 35.4 Å². The molecule has 2 aliphatic carbocycles. The molecule has 2 aliphatic heterocycles. The lowest BCUT2D eigenvalue weighted by atomic mass is 9.49. The van der Waals surface area contributed by atoms with E-state index in [1.807, 2.05) is 0 Å². The maximum Gasteiger partial charge on any atom is 0.229 e. The normalized spacial score (nSPS) is 28.2. The van der Waals surface area contributed by atoms with Gasteiger partial charge in [-0.1, -0.05) is 52.0 Å². The van der Waals surface area contributed by atoms with Crippen molar-refractivity contribution >= 4 is 39.1 Å². The molecule has 1 spiro atoms. The highest BCUT2D eigenvalue weighted by Crippen LogP contribution is 2.65. The van der Waals surface area contributed by atoms with Crippen LogP contribution in [0.2, 0.25) is 26.2 Å². The Labute approximate surface area is 262 Å². The van der Waals surface area contributed by atoms with Gasteiger partial charge < -0.3 is 22.4 Å². The molecule has 11 heteroatoms. The van der Waals surface area contributed by atoms with Crippen molar-refractivity contribution in [1.82, 2.24) is 4.90 Å². The van der Waals surface area contributed by atoms with E-state index in [1.165, 1.54) is 16.7 Å². The Hall–Kier alpha value is -1.08. The molecule has 1 fully saturated rings. The predicted molar refractivity (Wildman–Crippen MR) is 168 cm³/mol. The standard InChI is InChI=1S/C31H44N2O5Si4/c1-29(2,27(35-39-5)36-40-6)21-11-10-19-18-23-20-12-13-22(30(3,4)28(37-41-7)38-42-8)26-31(20,24(19)25(21)34-26)14-17-33(23)16-9-15-32/h10-13,20,22-23,26-28H,9,14,16-18H2,1-8H3/t20-,22?,23+,26?,31-/m0/s1. The fourth-order valence-electron chi connectivity index (χ4n) is 8.15. The van der Waals surface area contributed by atoms with Gasteiger partial charge in [0.1, 0.15) is 24.4 Å². The summed E-state index contributed by atoms with van der Waals surface area (Å²) in [6.45, 7) is 19.1. The fraction of sp³-hybridized carbons (Fsp3) is 0.710. The molecule has 42 heavy (non-hydrogen) atoms. The summed E-state index contributed by atoms with van der Waals surface area (Å²) in [6.07, 6.45) is 6.75. The third kappa shape index (κ3) is 5.08. The van der Waals surface area contributed by atoms with Crippen LogP contribution in [0.3, 0.4) is 0 Å². The predicted octanol–water partition coefficient (Wildman–Crippen LogP) is 4.72. The average Bonchev–Trinajstić information content (AvgIpc) is 3.30. The number of hydrogen-bond donors (Lipinski definition) is 0. The largest absolute Gasteiger partial charge is 0.488 e. The molecule has 8 radical (unpaired) electrons. The summed E-state index contributed by atoms with van der Waals surface area (Å²) < 4.78 is 32.4. The Bertz CT molecular complexity index is 1190. The Kier molecular flexibility index (Phi) is 9.79. The van der Waals surface area contributed by atoms with Crippen molar-refractivity contribution in [3.05, 3.63) is 41.0 Å². The van der Waals surface area contributed by atoms with Crippen LogP contribution < -0.4 is 4.74 Å². The van der Waals surface area contributed by atoms with E-state index in [2.05, 4.69) is 89.1 Å². The molecule has 4 aliphatic rings. The maximum absolute atomic E-state index is 9.40. The third-order valence-corrected chi connectivity index (χ3v) is 12.0. The SMILES string of the molecule is C[Si]OC(O[Si]C)C(C)(C)c1ccc2c3c1OC1C(C(C)(C)C(O[Si]C)O[Si]C)C=C[C@H]4[C@@H](C2)N(CCC#N)CC[C@]314. The summed E-state index contributed by atoms with van der Waals surface area (Å²) in [7, 11) is 1.37. The summed E-state index contributed by atoms with van der Waals surface area (Å²) in [5.74, 6) is 1.47. The molecule has 1 saturated heterocycles. The molecule has 0 aromatic heterocycles. The molecule has 224 valence electrons. The summed E-state index contributed by atoms with van der Waals surface area (Å²) in [5, 5.41) is 9.40. The molecule has 1 aromatic carbocycles. The summed E-state index contributed by atoms with van der Waals surface area (Å²) >= 11 is 0. The van der Waals surface area contributed by atoms with Crippen LogP contribution >= 0.6 is 0 Å². The zero-order chi connectivity index (χ0) is 30.3. The lowest BCUT2D eigenvalue weighted by Crippen LogP contribution is -2.66. The van der Waals surface area contributed by atoms with Gasteiger partial charge in [-0.05, 0) is 51.1 Å². The Morgan fingerprint density at radius 1 is 1.00 bits per heavy atom. The third-order valence-electron chi connectivity index (χ3n) is 10.2. The zero-order valence-electron chi connectivity index (χ0n) is 26.2. The number of likely N-dealkylation sites (tertiary alicyclic amines) is 1. The first-order valence-electron chi connectivity index (χ1n) is 15.1. The van der Waals surface area contributed by atoms with Crippen LogP contribution in [-0.2, 0) is 35.0 Å². The number of nitriles is 1. The van der Waals surface area contributed by atoms with Crippen LogP contribution in [0.5, 0.6) is 5.75 Å². The minimum atomic E-state index is -0.403. The van der Waals surface area contributed by atoms with Gasteiger partial charge in [0, 0.05) is 58.2 Å². The smallest absolute Gasteiger partial charge is 0.229 e. The number of rotatable bonds is 14. The van der Waals surface area contributed by atoms with Gasteiger partial charge in [-0.3, -0.25) is 4.90 Å². The minimum absolute atomic E-state index is 0.0365. The van der Waals surface area contributed by atoms with Gasteiger partial charge in [0.05, 0.1) is 6.07 Å². The fourth-order valence-corrected chi connectivity index (χ4v) is 10.6. The van der Waals surface area contributed by atoms with Gasteiger partial charge in [-0.15, -0.1) is 0 Å². The second kappa shape index (κ2) is 12.7.